The van der Waals surface area contributed by atoms with E-state index in [0.29, 0.717) is 12.1 Å². The third kappa shape index (κ3) is 5.54. The van der Waals surface area contributed by atoms with Crippen molar-refractivity contribution in [3.8, 4) is 0 Å². The highest BCUT2D eigenvalue weighted by Crippen LogP contribution is 2.07. The zero-order valence-corrected chi connectivity index (χ0v) is 15.2. The van der Waals surface area contributed by atoms with Gasteiger partial charge in [0.15, 0.2) is 0 Å². The van der Waals surface area contributed by atoms with Gasteiger partial charge in [-0.3, -0.25) is 9.69 Å². The van der Waals surface area contributed by atoms with Crippen molar-refractivity contribution in [2.24, 2.45) is 0 Å². The molecule has 2 N–H and O–H groups in total. The van der Waals surface area contributed by atoms with Crippen molar-refractivity contribution in [2.75, 3.05) is 44.7 Å². The molecule has 6 nitrogen and oxygen atoms in total. The Morgan fingerprint density at radius 3 is 2.81 bits per heavy atom. The lowest BCUT2D eigenvalue weighted by Crippen LogP contribution is -2.39. The van der Waals surface area contributed by atoms with Gasteiger partial charge in [0.2, 0.25) is 0 Å². The summed E-state index contributed by atoms with van der Waals surface area (Å²) in [7, 11) is 0. The molecule has 0 unspecified atom stereocenters. The van der Waals surface area contributed by atoms with E-state index in [2.05, 4.69) is 26.6 Å². The predicted molar refractivity (Wildman–Crippen MR) is 102 cm³/mol. The summed E-state index contributed by atoms with van der Waals surface area (Å²) in [5.74, 6) is 0.673. The molecule has 1 aromatic carbocycles. The molecule has 6 heteroatoms. The monoisotopic (exact) mass is 354 g/mol. The lowest BCUT2D eigenvalue weighted by Gasteiger charge is -2.26. The van der Waals surface area contributed by atoms with Crippen LogP contribution in [0.2, 0.25) is 0 Å². The summed E-state index contributed by atoms with van der Waals surface area (Å²) >= 11 is 0. The van der Waals surface area contributed by atoms with Crippen LogP contribution in [0.5, 0.6) is 0 Å². The zero-order valence-electron chi connectivity index (χ0n) is 15.2. The van der Waals surface area contributed by atoms with Gasteiger partial charge >= 0.3 is 0 Å². The zero-order chi connectivity index (χ0) is 18.2. The molecule has 1 saturated heterocycles. The smallest absolute Gasteiger partial charge is 0.253 e. The topological polar surface area (TPSA) is 66.5 Å². The Morgan fingerprint density at radius 1 is 1.23 bits per heavy atom. The Balaban J connectivity index is 1.43. The van der Waals surface area contributed by atoms with Crippen LogP contribution in [-0.2, 0) is 11.3 Å². The fourth-order valence-electron chi connectivity index (χ4n) is 2.91. The fourth-order valence-corrected chi connectivity index (χ4v) is 2.91. The van der Waals surface area contributed by atoms with E-state index >= 15 is 0 Å². The summed E-state index contributed by atoms with van der Waals surface area (Å²) in [6.45, 7) is 7.93. The number of benzene rings is 1. The van der Waals surface area contributed by atoms with Gasteiger partial charge in [0.25, 0.3) is 5.91 Å². The minimum Gasteiger partial charge on any atom is -0.379 e. The Bertz CT molecular complexity index is 712. The molecule has 2 heterocycles. The number of carbonyl (C=O) groups excluding carboxylic acids is 1. The fraction of sp³-hybridized carbons (Fsp3) is 0.400. The van der Waals surface area contributed by atoms with Crippen molar-refractivity contribution in [2.45, 2.75) is 13.5 Å². The molecule has 1 amide bonds. The Kier molecular flexibility index (Phi) is 6.57. The molecular formula is C20H26N4O2. The number of hydrogen-bond donors (Lipinski definition) is 2. The van der Waals surface area contributed by atoms with E-state index in [-0.39, 0.29) is 5.91 Å². The van der Waals surface area contributed by atoms with Crippen molar-refractivity contribution in [1.29, 1.82) is 0 Å². The lowest BCUT2D eigenvalue weighted by atomic mass is 10.1. The number of amides is 1. The van der Waals surface area contributed by atoms with Crippen molar-refractivity contribution in [3.63, 3.8) is 0 Å². The minimum atomic E-state index is -0.112. The maximum atomic E-state index is 12.2. The normalized spacial score (nSPS) is 14.8. The summed E-state index contributed by atoms with van der Waals surface area (Å²) in [5, 5.41) is 6.23. The van der Waals surface area contributed by atoms with Gasteiger partial charge in [-0.1, -0.05) is 29.8 Å². The van der Waals surface area contributed by atoms with Gasteiger partial charge in [0.1, 0.15) is 5.82 Å². The quantitative estimate of drug-likeness (QED) is 0.797. The van der Waals surface area contributed by atoms with Crippen LogP contribution >= 0.6 is 0 Å². The number of aromatic nitrogens is 1. The second-order valence-electron chi connectivity index (χ2n) is 6.48. The molecule has 0 atom stereocenters. The van der Waals surface area contributed by atoms with Crippen LogP contribution in [0.15, 0.2) is 42.6 Å². The summed E-state index contributed by atoms with van der Waals surface area (Å²) in [4.78, 5) is 18.9. The maximum Gasteiger partial charge on any atom is 0.253 e. The van der Waals surface area contributed by atoms with Crippen molar-refractivity contribution < 1.29 is 9.53 Å². The summed E-state index contributed by atoms with van der Waals surface area (Å²) in [5.41, 5.74) is 2.84. The number of nitrogens with zero attached hydrogens (tertiary/aromatic N) is 2. The average molecular weight is 354 g/mol. The molecule has 2 aromatic rings. The first kappa shape index (κ1) is 18.4. The van der Waals surface area contributed by atoms with E-state index in [1.54, 1.807) is 12.3 Å². The van der Waals surface area contributed by atoms with Gasteiger partial charge in [-0.15, -0.1) is 0 Å². The first-order valence-corrected chi connectivity index (χ1v) is 9.04. The van der Waals surface area contributed by atoms with Gasteiger partial charge in [-0.05, 0) is 24.6 Å². The van der Waals surface area contributed by atoms with Gasteiger partial charge in [0.05, 0.1) is 18.8 Å². The Morgan fingerprint density at radius 2 is 2.08 bits per heavy atom. The molecule has 0 saturated carbocycles. The van der Waals surface area contributed by atoms with Gasteiger partial charge < -0.3 is 15.4 Å². The van der Waals surface area contributed by atoms with E-state index in [0.717, 1.165) is 50.8 Å². The number of nitrogens with one attached hydrogen (secondary N) is 2. The molecule has 0 radical (unpaired) electrons. The average Bonchev–Trinajstić information content (AvgIpc) is 2.68. The highest BCUT2D eigenvalue weighted by Gasteiger charge is 2.10. The van der Waals surface area contributed by atoms with Crippen LogP contribution < -0.4 is 10.6 Å². The molecular weight excluding hydrogens is 328 g/mol. The van der Waals surface area contributed by atoms with Crippen LogP contribution in [0, 0.1) is 6.92 Å². The molecule has 26 heavy (non-hydrogen) atoms. The SMILES string of the molecule is Cc1cccc(CNC(=O)c2ccc(NCCN3CCOCC3)nc2)c1. The third-order valence-electron chi connectivity index (χ3n) is 4.40. The molecule has 0 aliphatic carbocycles. The standard InChI is InChI=1S/C20H26N4O2/c1-16-3-2-4-17(13-16)14-23-20(25)18-5-6-19(22-15-18)21-7-8-24-9-11-26-12-10-24/h2-6,13,15H,7-12,14H2,1H3,(H,21,22)(H,23,25). The summed E-state index contributed by atoms with van der Waals surface area (Å²) in [6.07, 6.45) is 1.61. The number of morpholine rings is 1. The molecule has 1 aliphatic heterocycles. The van der Waals surface area contributed by atoms with Crippen LogP contribution in [0.4, 0.5) is 5.82 Å². The Hall–Kier alpha value is -2.44. The number of anilines is 1. The second-order valence-corrected chi connectivity index (χ2v) is 6.48. The number of ether oxygens (including phenoxy) is 1. The number of rotatable bonds is 7. The molecule has 1 aliphatic rings. The Labute approximate surface area is 154 Å². The predicted octanol–water partition coefficient (Wildman–Crippen LogP) is 2.06. The number of hydrogen-bond acceptors (Lipinski definition) is 5. The highest BCUT2D eigenvalue weighted by atomic mass is 16.5. The van der Waals surface area contributed by atoms with Gasteiger partial charge in [-0.25, -0.2) is 4.98 Å². The molecule has 3 rings (SSSR count). The summed E-state index contributed by atoms with van der Waals surface area (Å²) < 4.78 is 5.34. The van der Waals surface area contributed by atoms with E-state index in [1.165, 1.54) is 5.56 Å². The van der Waals surface area contributed by atoms with Crippen molar-refractivity contribution >= 4 is 11.7 Å². The first-order valence-electron chi connectivity index (χ1n) is 9.04. The van der Waals surface area contributed by atoms with E-state index in [9.17, 15) is 4.79 Å². The highest BCUT2D eigenvalue weighted by molar-refractivity contribution is 5.94. The number of aryl methyl sites for hydroxylation is 1. The van der Waals surface area contributed by atoms with Crippen LogP contribution in [-0.4, -0.2) is 55.2 Å². The van der Waals surface area contributed by atoms with Crippen LogP contribution in [0.25, 0.3) is 0 Å². The third-order valence-corrected chi connectivity index (χ3v) is 4.40. The second kappa shape index (κ2) is 9.31. The van der Waals surface area contributed by atoms with Gasteiger partial charge in [0, 0.05) is 38.9 Å². The minimum absolute atomic E-state index is 0.112. The van der Waals surface area contributed by atoms with Crippen molar-refractivity contribution in [3.05, 3.63) is 59.3 Å². The molecule has 138 valence electrons. The molecule has 1 fully saturated rings. The van der Waals surface area contributed by atoms with Gasteiger partial charge in [-0.2, -0.15) is 0 Å². The van der Waals surface area contributed by atoms with Crippen LogP contribution in [0.1, 0.15) is 21.5 Å². The summed E-state index contributed by atoms with van der Waals surface area (Å²) in [6, 6.07) is 11.8. The number of pyridine rings is 1. The maximum absolute atomic E-state index is 12.2. The van der Waals surface area contributed by atoms with E-state index in [1.807, 2.05) is 31.2 Å². The molecule has 0 bridgehead atoms. The number of carbonyl (C=O) groups is 1. The molecule has 1 aromatic heterocycles. The first-order chi connectivity index (χ1) is 12.7. The van der Waals surface area contributed by atoms with Crippen molar-refractivity contribution in [1.82, 2.24) is 15.2 Å². The lowest BCUT2D eigenvalue weighted by molar-refractivity contribution is 0.0398. The van der Waals surface area contributed by atoms with E-state index < -0.39 is 0 Å². The largest absolute Gasteiger partial charge is 0.379 e. The van der Waals surface area contributed by atoms with E-state index in [4.69, 9.17) is 4.74 Å². The molecule has 0 spiro atoms. The van der Waals surface area contributed by atoms with Crippen LogP contribution in [0.3, 0.4) is 0 Å².